The molecule has 0 aromatic rings. The van der Waals surface area contributed by atoms with E-state index in [0.29, 0.717) is 19.2 Å². The zero-order valence-electron chi connectivity index (χ0n) is 12.8. The highest BCUT2D eigenvalue weighted by Crippen LogP contribution is 2.18. The molecule has 2 N–H and O–H groups in total. The van der Waals surface area contributed by atoms with Crippen LogP contribution in [0.1, 0.15) is 40.0 Å². The van der Waals surface area contributed by atoms with Gasteiger partial charge in [-0.3, -0.25) is 4.79 Å². The second-order valence-corrected chi connectivity index (χ2v) is 6.33. The van der Waals surface area contributed by atoms with Crippen molar-refractivity contribution in [1.29, 1.82) is 0 Å². The normalized spacial score (nSPS) is 13.5. The number of esters is 1. The number of carbonyl (C=O) groups is 1. The first-order valence-electron chi connectivity index (χ1n) is 6.83. The fraction of sp³-hybridized carbons (Fsp3) is 0.923. The van der Waals surface area contributed by atoms with Crippen LogP contribution in [0.2, 0.25) is 6.32 Å². The van der Waals surface area contributed by atoms with Gasteiger partial charge in [0.15, 0.2) is 0 Å². The summed E-state index contributed by atoms with van der Waals surface area (Å²) < 4.78 is 5.32. The van der Waals surface area contributed by atoms with Crippen molar-refractivity contribution in [1.82, 2.24) is 4.90 Å². The minimum atomic E-state index is -1.26. The van der Waals surface area contributed by atoms with Crippen LogP contribution in [-0.2, 0) is 9.53 Å². The monoisotopic (exact) mass is 273 g/mol. The minimum absolute atomic E-state index is 0.184. The predicted molar refractivity (Wildman–Crippen MR) is 76.7 cm³/mol. The minimum Gasteiger partial charge on any atom is -0.460 e. The highest BCUT2D eigenvalue weighted by atomic mass is 16.6. The van der Waals surface area contributed by atoms with Crippen LogP contribution in [0.5, 0.6) is 0 Å². The third-order valence-corrected chi connectivity index (χ3v) is 2.57. The van der Waals surface area contributed by atoms with Crippen molar-refractivity contribution in [2.24, 2.45) is 5.92 Å². The Morgan fingerprint density at radius 3 is 2.32 bits per heavy atom. The molecule has 0 saturated carbocycles. The van der Waals surface area contributed by atoms with E-state index in [1.54, 1.807) is 0 Å². The van der Waals surface area contributed by atoms with E-state index in [9.17, 15) is 4.79 Å². The van der Waals surface area contributed by atoms with Gasteiger partial charge in [-0.25, -0.2) is 0 Å². The second-order valence-electron chi connectivity index (χ2n) is 6.33. The number of hydrogen-bond donors (Lipinski definition) is 2. The van der Waals surface area contributed by atoms with Gasteiger partial charge in [0.25, 0.3) is 0 Å². The maximum absolute atomic E-state index is 11.8. The third-order valence-electron chi connectivity index (χ3n) is 2.57. The molecular formula is C13H28BNO4. The molecule has 0 bridgehead atoms. The van der Waals surface area contributed by atoms with Gasteiger partial charge in [-0.2, -0.15) is 0 Å². The van der Waals surface area contributed by atoms with Crippen molar-refractivity contribution in [2.45, 2.75) is 52.0 Å². The molecular weight excluding hydrogens is 245 g/mol. The van der Waals surface area contributed by atoms with Crippen LogP contribution >= 0.6 is 0 Å². The maximum Gasteiger partial charge on any atom is 0.451 e. The molecule has 0 spiro atoms. The predicted octanol–water partition coefficient (Wildman–Crippen LogP) is 1.15. The van der Waals surface area contributed by atoms with Crippen molar-refractivity contribution in [3.63, 3.8) is 0 Å². The Bertz CT molecular complexity index is 264. The Balaban J connectivity index is 4.22. The Morgan fingerprint density at radius 1 is 1.32 bits per heavy atom. The summed E-state index contributed by atoms with van der Waals surface area (Å²) in [7, 11) is 2.66. The molecule has 112 valence electrons. The summed E-state index contributed by atoms with van der Waals surface area (Å²) in [6, 6.07) is 0. The molecule has 1 unspecified atom stereocenters. The van der Waals surface area contributed by atoms with Crippen LogP contribution in [0.15, 0.2) is 0 Å². The Hall–Kier alpha value is -0.585. The second kappa shape index (κ2) is 8.56. The average Bonchev–Trinajstić information content (AvgIpc) is 2.11. The first-order valence-corrected chi connectivity index (χ1v) is 6.83. The van der Waals surface area contributed by atoms with Crippen LogP contribution in [0.3, 0.4) is 0 Å². The van der Waals surface area contributed by atoms with Crippen LogP contribution in [0.4, 0.5) is 0 Å². The molecule has 0 fully saturated rings. The Labute approximate surface area is 117 Å². The topological polar surface area (TPSA) is 70.0 Å². The van der Waals surface area contributed by atoms with Gasteiger partial charge in [0.05, 0.1) is 0 Å². The molecule has 0 radical (unpaired) electrons. The first kappa shape index (κ1) is 18.4. The van der Waals surface area contributed by atoms with Crippen molar-refractivity contribution in [2.75, 3.05) is 20.6 Å². The fourth-order valence-corrected chi connectivity index (χ4v) is 1.98. The summed E-state index contributed by atoms with van der Waals surface area (Å²) in [5.41, 5.74) is -0.457. The Kier molecular flexibility index (Phi) is 8.30. The van der Waals surface area contributed by atoms with E-state index in [0.717, 1.165) is 13.0 Å². The summed E-state index contributed by atoms with van der Waals surface area (Å²) in [5, 5.41) is 17.7. The lowest BCUT2D eigenvalue weighted by molar-refractivity contribution is -0.156. The van der Waals surface area contributed by atoms with Crippen LogP contribution in [0, 0.1) is 5.92 Å². The van der Waals surface area contributed by atoms with Gasteiger partial charge in [-0.1, -0.05) is 6.42 Å². The van der Waals surface area contributed by atoms with E-state index < -0.39 is 12.7 Å². The van der Waals surface area contributed by atoms with E-state index in [1.807, 2.05) is 39.8 Å². The molecule has 0 heterocycles. The summed E-state index contributed by atoms with van der Waals surface area (Å²) in [6.45, 7) is 6.36. The number of nitrogens with zero attached hydrogens (tertiary/aromatic N) is 1. The quantitative estimate of drug-likeness (QED) is 0.513. The number of rotatable bonds is 8. The van der Waals surface area contributed by atoms with Gasteiger partial charge in [0.1, 0.15) is 5.60 Å². The van der Waals surface area contributed by atoms with Crippen LogP contribution in [0.25, 0.3) is 0 Å². The van der Waals surface area contributed by atoms with Gasteiger partial charge in [0, 0.05) is 13.0 Å². The molecule has 0 amide bonds. The maximum atomic E-state index is 11.8. The molecule has 0 aliphatic carbocycles. The standard InChI is InChI=1S/C13H28BNO4/c1-13(2,3)19-12(16)9-11(10-15(4)5)7-6-8-14(17)18/h11,17-18H,6-10H2,1-5H3. The third kappa shape index (κ3) is 12.2. The van der Waals surface area contributed by atoms with Gasteiger partial charge in [0.2, 0.25) is 0 Å². The highest BCUT2D eigenvalue weighted by Gasteiger charge is 2.21. The number of carbonyl (C=O) groups excluding carboxylic acids is 1. The molecule has 0 rings (SSSR count). The molecule has 5 nitrogen and oxygen atoms in total. The molecule has 1 atom stereocenters. The van der Waals surface area contributed by atoms with Gasteiger partial charge >= 0.3 is 13.1 Å². The van der Waals surface area contributed by atoms with Crippen molar-refractivity contribution >= 4 is 13.1 Å². The lowest BCUT2D eigenvalue weighted by Gasteiger charge is -2.24. The molecule has 0 aromatic heterocycles. The molecule has 6 heteroatoms. The summed E-state index contributed by atoms with van der Waals surface area (Å²) in [5.74, 6) is -0.00695. The van der Waals surface area contributed by atoms with Gasteiger partial charge in [-0.15, -0.1) is 0 Å². The molecule has 19 heavy (non-hydrogen) atoms. The van der Waals surface area contributed by atoms with E-state index in [-0.39, 0.29) is 11.9 Å². The molecule has 0 saturated heterocycles. The molecule has 0 aromatic carbocycles. The van der Waals surface area contributed by atoms with E-state index in [2.05, 4.69) is 0 Å². The van der Waals surface area contributed by atoms with E-state index in [4.69, 9.17) is 14.8 Å². The van der Waals surface area contributed by atoms with Crippen LogP contribution in [-0.4, -0.2) is 54.3 Å². The zero-order valence-corrected chi connectivity index (χ0v) is 12.8. The summed E-state index contributed by atoms with van der Waals surface area (Å²) in [4.78, 5) is 13.8. The van der Waals surface area contributed by atoms with Crippen molar-refractivity contribution in [3.8, 4) is 0 Å². The van der Waals surface area contributed by atoms with Crippen LogP contribution < -0.4 is 0 Å². The SMILES string of the molecule is CN(C)CC(CCCB(O)O)CC(=O)OC(C)(C)C. The van der Waals surface area contributed by atoms with E-state index in [1.165, 1.54) is 0 Å². The first-order chi connectivity index (χ1) is 8.60. The van der Waals surface area contributed by atoms with Gasteiger partial charge in [-0.05, 0) is 53.5 Å². The van der Waals surface area contributed by atoms with E-state index >= 15 is 0 Å². The van der Waals surface area contributed by atoms with Crippen molar-refractivity contribution < 1.29 is 19.6 Å². The Morgan fingerprint density at radius 2 is 1.89 bits per heavy atom. The average molecular weight is 273 g/mol. The molecule has 0 aliphatic rings. The lowest BCUT2D eigenvalue weighted by Crippen LogP contribution is -2.29. The largest absolute Gasteiger partial charge is 0.460 e. The highest BCUT2D eigenvalue weighted by molar-refractivity contribution is 6.40. The molecule has 0 aliphatic heterocycles. The number of ether oxygens (including phenoxy) is 1. The van der Waals surface area contributed by atoms with Crippen molar-refractivity contribution in [3.05, 3.63) is 0 Å². The fourth-order valence-electron chi connectivity index (χ4n) is 1.98. The summed E-state index contributed by atoms with van der Waals surface area (Å²) in [6.07, 6.45) is 2.20. The summed E-state index contributed by atoms with van der Waals surface area (Å²) >= 11 is 0. The number of hydrogen-bond acceptors (Lipinski definition) is 5. The zero-order chi connectivity index (χ0) is 15.1. The smallest absolute Gasteiger partial charge is 0.451 e. The lowest BCUT2D eigenvalue weighted by atomic mass is 9.82. The van der Waals surface area contributed by atoms with Gasteiger partial charge < -0.3 is 19.7 Å².